The van der Waals surface area contributed by atoms with Gasteiger partial charge in [-0.15, -0.1) is 0 Å². The molecule has 29 heavy (non-hydrogen) atoms. The van der Waals surface area contributed by atoms with E-state index in [2.05, 4.69) is 31.2 Å². The summed E-state index contributed by atoms with van der Waals surface area (Å²) in [5.74, 6) is 2.27. The maximum absolute atomic E-state index is 12.2. The number of aromatic nitrogens is 3. The van der Waals surface area contributed by atoms with Crippen LogP contribution in [0.3, 0.4) is 0 Å². The van der Waals surface area contributed by atoms with Gasteiger partial charge in [0.1, 0.15) is 11.3 Å². The highest BCUT2D eigenvalue weighted by atomic mass is 16.3. The summed E-state index contributed by atoms with van der Waals surface area (Å²) in [6, 6.07) is 13.4. The molecule has 1 saturated carbocycles. The number of hydrogen-bond donors (Lipinski definition) is 2. The fourth-order valence-electron chi connectivity index (χ4n) is 3.62. The molecule has 2 heterocycles. The van der Waals surface area contributed by atoms with Gasteiger partial charge in [0.05, 0.1) is 11.0 Å². The molecule has 0 atom stereocenters. The normalized spacial score (nSPS) is 13.8. The van der Waals surface area contributed by atoms with E-state index in [0.29, 0.717) is 23.7 Å². The Hall–Kier alpha value is -3.35. The minimum Gasteiger partial charge on any atom is -0.440 e. The molecule has 7 heteroatoms. The molecule has 0 radical (unpaired) electrons. The van der Waals surface area contributed by atoms with E-state index in [1.807, 2.05) is 43.3 Å². The molecule has 0 bridgehead atoms. The van der Waals surface area contributed by atoms with Gasteiger partial charge in [0.15, 0.2) is 11.5 Å². The molecule has 0 unspecified atom stereocenters. The summed E-state index contributed by atoms with van der Waals surface area (Å²) in [7, 11) is 0. The fraction of sp³-hybridized carbons (Fsp3) is 0.318. The van der Waals surface area contributed by atoms with Gasteiger partial charge in [-0.05, 0) is 50.5 Å². The molecule has 2 aromatic carbocycles. The number of carbonyl (C=O) groups excluding carboxylic acids is 1. The highest BCUT2D eigenvalue weighted by Gasteiger charge is 2.28. The number of benzene rings is 2. The summed E-state index contributed by atoms with van der Waals surface area (Å²) in [4.78, 5) is 21.3. The molecule has 0 aliphatic heterocycles. The van der Waals surface area contributed by atoms with Gasteiger partial charge in [-0.3, -0.25) is 0 Å². The minimum absolute atomic E-state index is 0.224. The van der Waals surface area contributed by atoms with Crippen molar-refractivity contribution in [2.45, 2.75) is 38.6 Å². The van der Waals surface area contributed by atoms with Crippen LogP contribution in [0.1, 0.15) is 36.9 Å². The number of anilines is 1. The molecule has 2 aromatic heterocycles. The van der Waals surface area contributed by atoms with Crippen LogP contribution in [-0.4, -0.2) is 27.1 Å². The highest BCUT2D eigenvalue weighted by Crippen LogP contribution is 2.40. The SMILES string of the molecule is Cc1nc2ccccc2n1CCCNC(=O)Nc1ccc2nc(C3CC3)oc2c1. The molecular formula is C22H23N5O2. The van der Waals surface area contributed by atoms with Crippen molar-refractivity contribution in [1.82, 2.24) is 19.9 Å². The van der Waals surface area contributed by atoms with E-state index < -0.39 is 0 Å². The molecule has 1 aliphatic rings. The number of fused-ring (bicyclic) bond motifs is 2. The van der Waals surface area contributed by atoms with Crippen molar-refractivity contribution in [3.63, 3.8) is 0 Å². The van der Waals surface area contributed by atoms with Crippen LogP contribution >= 0.6 is 0 Å². The molecule has 7 nitrogen and oxygen atoms in total. The average molecular weight is 389 g/mol. The number of amides is 2. The Morgan fingerprint density at radius 1 is 1.17 bits per heavy atom. The lowest BCUT2D eigenvalue weighted by atomic mass is 10.3. The first kappa shape index (κ1) is 17.7. The van der Waals surface area contributed by atoms with E-state index in [1.165, 1.54) is 0 Å². The second-order valence-electron chi connectivity index (χ2n) is 7.54. The fourth-order valence-corrected chi connectivity index (χ4v) is 3.62. The zero-order valence-corrected chi connectivity index (χ0v) is 16.3. The van der Waals surface area contributed by atoms with Crippen LogP contribution in [0, 0.1) is 6.92 Å². The number of carbonyl (C=O) groups is 1. The monoisotopic (exact) mass is 389 g/mol. The van der Waals surface area contributed by atoms with Gasteiger partial charge < -0.3 is 19.6 Å². The number of nitrogens with one attached hydrogen (secondary N) is 2. The second-order valence-corrected chi connectivity index (χ2v) is 7.54. The summed E-state index contributed by atoms with van der Waals surface area (Å²) in [5, 5.41) is 5.78. The quantitative estimate of drug-likeness (QED) is 0.473. The topological polar surface area (TPSA) is 85.0 Å². The number of aryl methyl sites for hydroxylation is 2. The zero-order valence-electron chi connectivity index (χ0n) is 16.3. The average Bonchev–Trinajstić information content (AvgIpc) is 3.40. The van der Waals surface area contributed by atoms with E-state index in [4.69, 9.17) is 4.42 Å². The van der Waals surface area contributed by atoms with Crippen molar-refractivity contribution in [2.24, 2.45) is 0 Å². The zero-order chi connectivity index (χ0) is 19.8. The predicted octanol–water partition coefficient (Wildman–Crippen LogP) is 4.58. The Balaban J connectivity index is 1.15. The van der Waals surface area contributed by atoms with Crippen LogP contribution in [0.4, 0.5) is 10.5 Å². The maximum Gasteiger partial charge on any atom is 0.319 e. The van der Waals surface area contributed by atoms with Gasteiger partial charge in [-0.2, -0.15) is 0 Å². The van der Waals surface area contributed by atoms with E-state index in [0.717, 1.165) is 54.1 Å². The molecular weight excluding hydrogens is 366 g/mol. The Bertz CT molecular complexity index is 1190. The molecule has 1 fully saturated rings. The van der Waals surface area contributed by atoms with Crippen molar-refractivity contribution >= 4 is 33.9 Å². The summed E-state index contributed by atoms with van der Waals surface area (Å²) >= 11 is 0. The van der Waals surface area contributed by atoms with E-state index >= 15 is 0 Å². The number of hydrogen-bond acceptors (Lipinski definition) is 4. The molecule has 148 valence electrons. The number of rotatable bonds is 6. The Morgan fingerprint density at radius 3 is 2.90 bits per heavy atom. The first-order chi connectivity index (χ1) is 14.2. The molecule has 1 aliphatic carbocycles. The van der Waals surface area contributed by atoms with Crippen LogP contribution in [0.25, 0.3) is 22.1 Å². The van der Waals surface area contributed by atoms with Crippen LogP contribution in [0.5, 0.6) is 0 Å². The summed E-state index contributed by atoms with van der Waals surface area (Å²) in [6.45, 7) is 3.39. The number of nitrogens with zero attached hydrogens (tertiary/aromatic N) is 3. The highest BCUT2D eigenvalue weighted by molar-refractivity contribution is 5.91. The van der Waals surface area contributed by atoms with Crippen LogP contribution in [0.2, 0.25) is 0 Å². The molecule has 2 amide bonds. The number of oxazole rings is 1. The molecule has 4 aromatic rings. The second kappa shape index (κ2) is 7.24. The molecule has 2 N–H and O–H groups in total. The Labute approximate surface area is 168 Å². The van der Waals surface area contributed by atoms with Crippen LogP contribution in [-0.2, 0) is 6.54 Å². The lowest BCUT2D eigenvalue weighted by molar-refractivity contribution is 0.252. The van der Waals surface area contributed by atoms with Gasteiger partial charge in [-0.1, -0.05) is 12.1 Å². The number of para-hydroxylation sites is 2. The third-order valence-electron chi connectivity index (χ3n) is 5.28. The molecule has 5 rings (SSSR count). The van der Waals surface area contributed by atoms with Gasteiger partial charge in [0.25, 0.3) is 0 Å². The standard InChI is InChI=1S/C22H23N5O2/c1-14-24-17-5-2-3-6-19(17)27(14)12-4-11-23-22(28)25-16-9-10-18-20(13-16)29-21(26-18)15-7-8-15/h2-3,5-6,9-10,13,15H,4,7-8,11-12H2,1H3,(H2,23,25,28). The first-order valence-electron chi connectivity index (χ1n) is 10.0. The van der Waals surface area contributed by atoms with Crippen LogP contribution < -0.4 is 10.6 Å². The third-order valence-corrected chi connectivity index (χ3v) is 5.28. The third kappa shape index (κ3) is 3.68. The van der Waals surface area contributed by atoms with Gasteiger partial charge in [0, 0.05) is 30.8 Å². The van der Waals surface area contributed by atoms with Crippen LogP contribution in [0.15, 0.2) is 46.9 Å². The lowest BCUT2D eigenvalue weighted by Crippen LogP contribution is -2.30. The van der Waals surface area contributed by atoms with E-state index in [1.54, 1.807) is 0 Å². The first-order valence-corrected chi connectivity index (χ1v) is 10.0. The van der Waals surface area contributed by atoms with E-state index in [-0.39, 0.29) is 6.03 Å². The summed E-state index contributed by atoms with van der Waals surface area (Å²) in [5.41, 5.74) is 4.38. The van der Waals surface area contributed by atoms with Crippen molar-refractivity contribution < 1.29 is 9.21 Å². The smallest absolute Gasteiger partial charge is 0.319 e. The minimum atomic E-state index is -0.224. The van der Waals surface area contributed by atoms with Crippen molar-refractivity contribution in [3.8, 4) is 0 Å². The number of imidazole rings is 1. The molecule has 0 spiro atoms. The summed E-state index contributed by atoms with van der Waals surface area (Å²) < 4.78 is 7.99. The number of urea groups is 1. The van der Waals surface area contributed by atoms with Gasteiger partial charge in [0.2, 0.25) is 0 Å². The largest absolute Gasteiger partial charge is 0.440 e. The van der Waals surface area contributed by atoms with Gasteiger partial charge in [-0.25, -0.2) is 14.8 Å². The van der Waals surface area contributed by atoms with Crippen molar-refractivity contribution in [3.05, 3.63) is 54.2 Å². The predicted molar refractivity (Wildman–Crippen MR) is 112 cm³/mol. The molecule has 0 saturated heterocycles. The Kier molecular flexibility index (Phi) is 4.42. The Morgan fingerprint density at radius 2 is 2.03 bits per heavy atom. The van der Waals surface area contributed by atoms with Crippen molar-refractivity contribution in [1.29, 1.82) is 0 Å². The summed E-state index contributed by atoms with van der Waals surface area (Å²) in [6.07, 6.45) is 3.12. The van der Waals surface area contributed by atoms with Gasteiger partial charge >= 0.3 is 6.03 Å². The van der Waals surface area contributed by atoms with E-state index in [9.17, 15) is 4.79 Å². The lowest BCUT2D eigenvalue weighted by Gasteiger charge is -2.09. The van der Waals surface area contributed by atoms with Crippen molar-refractivity contribution in [2.75, 3.05) is 11.9 Å². The maximum atomic E-state index is 12.2.